The molecule has 7 nitrogen and oxygen atoms in total. The maximum absolute atomic E-state index is 12.3. The molecule has 0 bridgehead atoms. The molecule has 1 N–H and O–H groups in total. The predicted octanol–water partition coefficient (Wildman–Crippen LogP) is 3.67. The van der Waals surface area contributed by atoms with Crippen LogP contribution in [0.25, 0.3) is 5.65 Å². The highest BCUT2D eigenvalue weighted by Crippen LogP contribution is 2.14. The first-order chi connectivity index (χ1) is 14.5. The molecule has 2 heterocycles. The van der Waals surface area contributed by atoms with Crippen LogP contribution >= 0.6 is 11.6 Å². The predicted molar refractivity (Wildman–Crippen MR) is 117 cm³/mol. The Bertz CT molecular complexity index is 1010. The number of pyridine rings is 1. The third-order valence-corrected chi connectivity index (χ3v) is 4.97. The molecule has 3 rings (SSSR count). The molecule has 0 radical (unpaired) electrons. The number of halogens is 1. The van der Waals surface area contributed by atoms with Gasteiger partial charge in [-0.2, -0.15) is 0 Å². The van der Waals surface area contributed by atoms with Crippen molar-refractivity contribution in [3.63, 3.8) is 0 Å². The number of imidazole rings is 1. The maximum atomic E-state index is 12.3. The zero-order valence-electron chi connectivity index (χ0n) is 17.1. The number of likely N-dealkylation sites (N-methyl/N-ethyl adjacent to an activating group) is 1. The minimum Gasteiger partial charge on any atom is -0.461 e. The first kappa shape index (κ1) is 21.8. The number of rotatable bonds is 9. The zero-order chi connectivity index (χ0) is 21.5. The summed E-state index contributed by atoms with van der Waals surface area (Å²) in [6.45, 7) is 7.05. The van der Waals surface area contributed by atoms with Crippen molar-refractivity contribution in [3.05, 3.63) is 65.1 Å². The third-order valence-electron chi connectivity index (χ3n) is 4.75. The summed E-state index contributed by atoms with van der Waals surface area (Å²) in [4.78, 5) is 31.1. The smallest absolute Gasteiger partial charge is 0.338 e. The number of ether oxygens (including phenoxy) is 1. The minimum atomic E-state index is -0.372. The van der Waals surface area contributed by atoms with E-state index in [-0.39, 0.29) is 18.3 Å². The van der Waals surface area contributed by atoms with Crippen LogP contribution in [-0.4, -0.2) is 52.4 Å². The van der Waals surface area contributed by atoms with Gasteiger partial charge in [-0.25, -0.2) is 9.78 Å². The second-order valence-electron chi connectivity index (χ2n) is 6.81. The van der Waals surface area contributed by atoms with Crippen LogP contribution in [0.4, 0.5) is 5.69 Å². The third kappa shape index (κ3) is 5.81. The number of hydrogen-bond donors (Lipinski definition) is 1. The Morgan fingerprint density at radius 3 is 2.53 bits per heavy atom. The number of benzene rings is 1. The number of hydrogen-bond acceptors (Lipinski definition) is 5. The number of fused-ring (bicyclic) bond motifs is 1. The molecule has 2 aromatic heterocycles. The van der Waals surface area contributed by atoms with Crippen LogP contribution in [0.15, 0.2) is 48.8 Å². The molecule has 8 heteroatoms. The lowest BCUT2D eigenvalue weighted by Gasteiger charge is -2.17. The molecule has 0 spiro atoms. The molecule has 0 fully saturated rings. The lowest BCUT2D eigenvalue weighted by atomic mass is 10.2. The molecule has 0 saturated carbocycles. The van der Waals surface area contributed by atoms with Crippen molar-refractivity contribution >= 4 is 34.8 Å². The quantitative estimate of drug-likeness (QED) is 0.526. The summed E-state index contributed by atoms with van der Waals surface area (Å²) >= 11 is 5.97. The fourth-order valence-corrected chi connectivity index (χ4v) is 3.22. The molecule has 0 atom stereocenters. The highest BCUT2D eigenvalue weighted by Gasteiger charge is 2.11. The van der Waals surface area contributed by atoms with E-state index in [9.17, 15) is 9.59 Å². The lowest BCUT2D eigenvalue weighted by Crippen LogP contribution is -2.27. The first-order valence-corrected chi connectivity index (χ1v) is 10.3. The Morgan fingerprint density at radius 1 is 1.10 bits per heavy atom. The van der Waals surface area contributed by atoms with Crippen molar-refractivity contribution in [1.29, 1.82) is 0 Å². The van der Waals surface area contributed by atoms with Gasteiger partial charge in [0, 0.05) is 24.6 Å². The van der Waals surface area contributed by atoms with Gasteiger partial charge < -0.3 is 19.4 Å². The highest BCUT2D eigenvalue weighted by molar-refractivity contribution is 6.30. The summed E-state index contributed by atoms with van der Waals surface area (Å²) in [5.41, 5.74) is 2.42. The Morgan fingerprint density at radius 2 is 1.83 bits per heavy atom. The fourth-order valence-electron chi connectivity index (χ4n) is 3.05. The summed E-state index contributed by atoms with van der Waals surface area (Å²) in [6, 6.07) is 10.2. The van der Waals surface area contributed by atoms with Gasteiger partial charge in [0.15, 0.2) is 0 Å². The Labute approximate surface area is 180 Å². The maximum Gasteiger partial charge on any atom is 0.338 e. The van der Waals surface area contributed by atoms with Gasteiger partial charge in [0.25, 0.3) is 0 Å². The monoisotopic (exact) mass is 428 g/mol. The van der Waals surface area contributed by atoms with E-state index in [0.717, 1.165) is 18.7 Å². The number of anilines is 1. The molecular formula is C22H25ClN4O3. The Hall–Kier alpha value is -2.90. The molecule has 0 unspecified atom stereocenters. The number of aromatic nitrogens is 2. The van der Waals surface area contributed by atoms with E-state index < -0.39 is 0 Å². The van der Waals surface area contributed by atoms with E-state index in [1.54, 1.807) is 53.2 Å². The molecule has 1 aromatic carbocycles. The van der Waals surface area contributed by atoms with Gasteiger partial charge in [0.05, 0.1) is 22.7 Å². The minimum absolute atomic E-state index is 0.133. The topological polar surface area (TPSA) is 75.9 Å². The number of nitrogens with one attached hydrogen (secondary N) is 1. The van der Waals surface area contributed by atoms with Gasteiger partial charge in [-0.15, -0.1) is 0 Å². The van der Waals surface area contributed by atoms with Crippen molar-refractivity contribution in [1.82, 2.24) is 14.3 Å². The van der Waals surface area contributed by atoms with Gasteiger partial charge in [0.1, 0.15) is 12.3 Å². The summed E-state index contributed by atoms with van der Waals surface area (Å²) < 4.78 is 7.09. The molecule has 0 aliphatic carbocycles. The van der Waals surface area contributed by atoms with E-state index >= 15 is 0 Å². The van der Waals surface area contributed by atoms with E-state index in [1.165, 1.54) is 0 Å². The molecule has 0 aliphatic heterocycles. The number of nitrogens with zero attached hydrogens (tertiary/aromatic N) is 3. The van der Waals surface area contributed by atoms with Crippen LogP contribution in [0.3, 0.4) is 0 Å². The Kier molecular flexibility index (Phi) is 7.43. The molecule has 0 saturated heterocycles. The van der Waals surface area contributed by atoms with Crippen LogP contribution in [0.2, 0.25) is 5.02 Å². The Balaban J connectivity index is 1.51. The summed E-state index contributed by atoms with van der Waals surface area (Å²) in [5, 5.41) is 3.41. The second-order valence-corrected chi connectivity index (χ2v) is 7.25. The average molecular weight is 429 g/mol. The molecular weight excluding hydrogens is 404 g/mol. The van der Waals surface area contributed by atoms with Gasteiger partial charge in [-0.1, -0.05) is 25.4 Å². The van der Waals surface area contributed by atoms with Crippen LogP contribution in [0.1, 0.15) is 29.9 Å². The van der Waals surface area contributed by atoms with E-state index in [4.69, 9.17) is 16.3 Å². The second kappa shape index (κ2) is 10.2. The van der Waals surface area contributed by atoms with Crippen molar-refractivity contribution in [2.24, 2.45) is 0 Å². The highest BCUT2D eigenvalue weighted by atomic mass is 35.5. The van der Waals surface area contributed by atoms with Crippen molar-refractivity contribution in [2.75, 3.05) is 31.6 Å². The summed E-state index contributed by atoms with van der Waals surface area (Å²) in [5.74, 6) is -0.567. The van der Waals surface area contributed by atoms with Crippen LogP contribution < -0.4 is 5.32 Å². The largest absolute Gasteiger partial charge is 0.461 e. The number of carbonyl (C=O) groups excluding carboxylic acids is 2. The zero-order valence-corrected chi connectivity index (χ0v) is 17.9. The summed E-state index contributed by atoms with van der Waals surface area (Å²) in [7, 11) is 0. The number of amides is 1. The van der Waals surface area contributed by atoms with Crippen molar-refractivity contribution in [3.8, 4) is 0 Å². The molecule has 0 aliphatic rings. The van der Waals surface area contributed by atoms with Crippen LogP contribution in [0, 0.1) is 0 Å². The average Bonchev–Trinajstić information content (AvgIpc) is 3.12. The molecule has 3 aromatic rings. The fraction of sp³-hybridized carbons (Fsp3) is 0.318. The molecule has 30 heavy (non-hydrogen) atoms. The van der Waals surface area contributed by atoms with Crippen molar-refractivity contribution < 1.29 is 14.3 Å². The normalized spacial score (nSPS) is 11.1. The lowest BCUT2D eigenvalue weighted by molar-refractivity contribution is -0.115. The van der Waals surface area contributed by atoms with Gasteiger partial charge in [-0.3, -0.25) is 4.79 Å². The molecule has 1 amide bonds. The van der Waals surface area contributed by atoms with Gasteiger partial charge >= 0.3 is 5.97 Å². The summed E-state index contributed by atoms with van der Waals surface area (Å²) in [6.07, 6.45) is 3.65. The molecule has 158 valence electrons. The number of carbonyl (C=O) groups is 2. The van der Waals surface area contributed by atoms with E-state index in [0.29, 0.717) is 35.1 Å². The SMILES string of the molecule is CCN(CC)CCOC(=O)c1ccc(NC(=O)Cc2cn3cc(Cl)ccc3n2)cc1. The van der Waals surface area contributed by atoms with E-state index in [1.807, 2.05) is 0 Å². The van der Waals surface area contributed by atoms with Crippen molar-refractivity contribution in [2.45, 2.75) is 20.3 Å². The van der Waals surface area contributed by atoms with Crippen LogP contribution in [0.5, 0.6) is 0 Å². The van der Waals surface area contributed by atoms with Crippen LogP contribution in [-0.2, 0) is 16.0 Å². The first-order valence-electron chi connectivity index (χ1n) is 9.91. The van der Waals surface area contributed by atoms with Gasteiger partial charge in [0.2, 0.25) is 5.91 Å². The van der Waals surface area contributed by atoms with E-state index in [2.05, 4.69) is 29.0 Å². The number of esters is 1. The standard InChI is InChI=1S/C22H25ClN4O3/c1-3-26(4-2)11-12-30-22(29)16-5-8-18(9-6-16)25-21(28)13-19-15-27-14-17(23)7-10-20(27)24-19/h5-10,14-15H,3-4,11-13H2,1-2H3,(H,25,28). The van der Waals surface area contributed by atoms with Gasteiger partial charge in [-0.05, 0) is 49.5 Å².